The molecule has 2 amide bonds. The minimum Gasteiger partial charge on any atom is -0.497 e. The average molecular weight is 555 g/mol. The van der Waals surface area contributed by atoms with Crippen molar-refractivity contribution in [2.75, 3.05) is 40.0 Å². The lowest BCUT2D eigenvalue weighted by molar-refractivity contribution is -0.127. The highest BCUT2D eigenvalue weighted by Crippen LogP contribution is 2.30. The van der Waals surface area contributed by atoms with Crippen LogP contribution in [-0.2, 0) is 15.1 Å². The highest BCUT2D eigenvalue weighted by atomic mass is 19.1. The monoisotopic (exact) mass is 554 g/mol. The van der Waals surface area contributed by atoms with Crippen molar-refractivity contribution in [3.63, 3.8) is 0 Å². The predicted molar refractivity (Wildman–Crippen MR) is 142 cm³/mol. The maximum atomic E-state index is 14.2. The van der Waals surface area contributed by atoms with Gasteiger partial charge in [-0.1, -0.05) is 17.3 Å². The fraction of sp³-hybridized carbons (Fsp3) is 0.414. The van der Waals surface area contributed by atoms with Gasteiger partial charge in [-0.25, -0.2) is 8.78 Å². The van der Waals surface area contributed by atoms with Crippen LogP contribution in [0, 0.1) is 17.6 Å². The van der Waals surface area contributed by atoms with Crippen LogP contribution >= 0.6 is 0 Å². The summed E-state index contributed by atoms with van der Waals surface area (Å²) in [5.74, 6) is -1.22. The number of likely N-dealkylation sites (tertiary alicyclic amines) is 1. The molecule has 3 heterocycles. The molecule has 2 N–H and O–H groups in total. The molecule has 212 valence electrons. The van der Waals surface area contributed by atoms with E-state index in [1.54, 1.807) is 7.11 Å². The van der Waals surface area contributed by atoms with E-state index in [0.717, 1.165) is 24.2 Å². The van der Waals surface area contributed by atoms with Gasteiger partial charge in [-0.05, 0) is 43.7 Å². The van der Waals surface area contributed by atoms with Crippen molar-refractivity contribution in [3.05, 3.63) is 71.4 Å². The number of aromatic nitrogens is 1. The average Bonchev–Trinajstić information content (AvgIpc) is 3.34. The lowest BCUT2D eigenvalue weighted by atomic mass is 9.83. The molecule has 0 bridgehead atoms. The van der Waals surface area contributed by atoms with Crippen molar-refractivity contribution in [3.8, 4) is 17.1 Å². The third kappa shape index (κ3) is 6.00. The van der Waals surface area contributed by atoms with Crippen LogP contribution in [0.1, 0.15) is 36.3 Å². The number of carbonyl (C=O) groups is 2. The molecule has 9 nitrogen and oxygen atoms in total. The summed E-state index contributed by atoms with van der Waals surface area (Å²) >= 11 is 0. The Labute approximate surface area is 230 Å². The van der Waals surface area contributed by atoms with Crippen molar-refractivity contribution < 1.29 is 32.4 Å². The number of benzene rings is 2. The molecule has 2 aliphatic rings. The summed E-state index contributed by atoms with van der Waals surface area (Å²) in [6.45, 7) is 6.96. The smallest absolute Gasteiger partial charge is 0.274 e. The first-order valence-electron chi connectivity index (χ1n) is 13.1. The third-order valence-electron chi connectivity index (χ3n) is 7.34. The van der Waals surface area contributed by atoms with Crippen LogP contribution in [0.15, 0.2) is 53.1 Å². The molecular weight excluding hydrogens is 522 g/mol. The number of ether oxygens (including phenoxy) is 2. The van der Waals surface area contributed by atoms with Gasteiger partial charge in [-0.2, -0.15) is 0 Å². The predicted octanol–water partition coefficient (Wildman–Crippen LogP) is 3.50. The van der Waals surface area contributed by atoms with E-state index in [2.05, 4.69) is 20.7 Å². The fourth-order valence-electron chi connectivity index (χ4n) is 5.22. The highest BCUT2D eigenvalue weighted by molar-refractivity contribution is 5.94. The normalized spacial score (nSPS) is 17.0. The maximum absolute atomic E-state index is 14.2. The van der Waals surface area contributed by atoms with Crippen molar-refractivity contribution in [1.82, 2.24) is 20.7 Å². The number of methoxy groups -OCH3 is 1. The second-order valence-electron chi connectivity index (χ2n) is 11.1. The molecule has 5 rings (SSSR count). The minimum atomic E-state index is -0.837. The lowest BCUT2D eigenvalue weighted by Gasteiger charge is -2.52. The fourth-order valence-corrected chi connectivity index (χ4v) is 5.22. The Morgan fingerprint density at radius 1 is 1.15 bits per heavy atom. The van der Waals surface area contributed by atoms with Gasteiger partial charge in [0.1, 0.15) is 17.4 Å². The number of amides is 2. The molecule has 1 aromatic heterocycles. The van der Waals surface area contributed by atoms with Gasteiger partial charge in [0, 0.05) is 37.7 Å². The summed E-state index contributed by atoms with van der Waals surface area (Å²) in [5.41, 5.74) is -0.734. The molecule has 0 aliphatic carbocycles. The minimum absolute atomic E-state index is 0.00491. The number of hydrogen-bond donors (Lipinski definition) is 2. The van der Waals surface area contributed by atoms with Crippen molar-refractivity contribution >= 4 is 11.8 Å². The van der Waals surface area contributed by atoms with Gasteiger partial charge in [0.25, 0.3) is 5.91 Å². The summed E-state index contributed by atoms with van der Waals surface area (Å²) < 4.78 is 43.3. The number of nitrogens with zero attached hydrogens (tertiary/aromatic N) is 2. The van der Waals surface area contributed by atoms with E-state index in [1.165, 1.54) is 12.1 Å². The topological polar surface area (TPSA) is 106 Å². The first kappa shape index (κ1) is 27.7. The van der Waals surface area contributed by atoms with Gasteiger partial charge < -0.3 is 24.6 Å². The summed E-state index contributed by atoms with van der Waals surface area (Å²) in [7, 11) is 1.59. The zero-order valence-corrected chi connectivity index (χ0v) is 22.6. The van der Waals surface area contributed by atoms with Crippen molar-refractivity contribution in [1.29, 1.82) is 0 Å². The zero-order valence-electron chi connectivity index (χ0n) is 22.6. The molecule has 2 aliphatic heterocycles. The van der Waals surface area contributed by atoms with Crippen molar-refractivity contribution in [2.45, 2.75) is 31.3 Å². The highest BCUT2D eigenvalue weighted by Gasteiger charge is 2.47. The quantitative estimate of drug-likeness (QED) is 0.395. The summed E-state index contributed by atoms with van der Waals surface area (Å²) in [4.78, 5) is 28.7. The lowest BCUT2D eigenvalue weighted by Crippen LogP contribution is -2.72. The SMILES string of the molecule is COc1cccc(C(C)(C)NC(=O)CC2(NC(=O)c3cc(-c4ccc(F)cc4F)on3)CN(CC3COC3)C2)c1. The number of hydrogen-bond acceptors (Lipinski definition) is 7. The van der Waals surface area contributed by atoms with E-state index in [-0.39, 0.29) is 29.3 Å². The number of nitrogens with one attached hydrogen (secondary N) is 2. The Kier molecular flexibility index (Phi) is 7.61. The van der Waals surface area contributed by atoms with Crippen LogP contribution < -0.4 is 15.4 Å². The van der Waals surface area contributed by atoms with Crippen LogP contribution in [0.5, 0.6) is 5.75 Å². The van der Waals surface area contributed by atoms with Gasteiger partial charge in [0.05, 0.1) is 43.4 Å². The molecule has 0 saturated carbocycles. The van der Waals surface area contributed by atoms with Gasteiger partial charge in [0.15, 0.2) is 11.5 Å². The summed E-state index contributed by atoms with van der Waals surface area (Å²) in [6.07, 6.45) is 0.0428. The van der Waals surface area contributed by atoms with Gasteiger partial charge in [-0.3, -0.25) is 14.5 Å². The Morgan fingerprint density at radius 2 is 1.93 bits per heavy atom. The Bertz CT molecular complexity index is 1400. The van der Waals surface area contributed by atoms with E-state index in [0.29, 0.717) is 38.0 Å². The molecule has 0 radical (unpaired) electrons. The van der Waals surface area contributed by atoms with Crippen LogP contribution in [0.2, 0.25) is 0 Å². The molecule has 2 aromatic carbocycles. The number of halogens is 2. The third-order valence-corrected chi connectivity index (χ3v) is 7.34. The van der Waals surface area contributed by atoms with Crippen LogP contribution in [0.3, 0.4) is 0 Å². The molecule has 0 atom stereocenters. The zero-order chi connectivity index (χ0) is 28.5. The molecule has 40 heavy (non-hydrogen) atoms. The van der Waals surface area contributed by atoms with E-state index >= 15 is 0 Å². The van der Waals surface area contributed by atoms with Crippen LogP contribution in [0.25, 0.3) is 11.3 Å². The Morgan fingerprint density at radius 3 is 2.60 bits per heavy atom. The Hall–Kier alpha value is -3.83. The number of rotatable bonds is 10. The largest absolute Gasteiger partial charge is 0.497 e. The van der Waals surface area contributed by atoms with Gasteiger partial charge in [0.2, 0.25) is 5.91 Å². The first-order chi connectivity index (χ1) is 19.1. The van der Waals surface area contributed by atoms with Crippen LogP contribution in [-0.4, -0.2) is 67.4 Å². The van der Waals surface area contributed by atoms with Crippen LogP contribution in [0.4, 0.5) is 8.78 Å². The second-order valence-corrected chi connectivity index (χ2v) is 11.1. The Balaban J connectivity index is 1.29. The van der Waals surface area contributed by atoms with Gasteiger partial charge >= 0.3 is 0 Å². The van der Waals surface area contributed by atoms with E-state index < -0.39 is 28.6 Å². The molecule has 2 saturated heterocycles. The summed E-state index contributed by atoms with van der Waals surface area (Å²) in [5, 5.41) is 9.86. The molecule has 0 unspecified atom stereocenters. The second kappa shape index (κ2) is 11.0. The first-order valence-corrected chi connectivity index (χ1v) is 13.1. The van der Waals surface area contributed by atoms with E-state index in [4.69, 9.17) is 14.0 Å². The molecular formula is C29H32F2N4O5. The standard InChI is InChI=1S/C29H32F2N4O5/c1-28(2,19-5-4-6-21(9-19)38-3)32-26(36)12-29(16-35(17-29)13-18-14-39-15-18)33-27(37)24-11-25(40-34-24)22-8-7-20(30)10-23(22)31/h4-11,18H,12-17H2,1-3H3,(H,32,36)(H,33,37). The molecule has 2 fully saturated rings. The maximum Gasteiger partial charge on any atom is 0.274 e. The van der Waals surface area contributed by atoms with E-state index in [1.807, 2.05) is 38.1 Å². The van der Waals surface area contributed by atoms with E-state index in [9.17, 15) is 18.4 Å². The van der Waals surface area contributed by atoms with Crippen molar-refractivity contribution in [2.24, 2.45) is 5.92 Å². The molecule has 11 heteroatoms. The van der Waals surface area contributed by atoms with Gasteiger partial charge in [-0.15, -0.1) is 0 Å². The number of carbonyl (C=O) groups excluding carboxylic acids is 2. The summed E-state index contributed by atoms with van der Waals surface area (Å²) in [6, 6.07) is 11.8. The molecule has 3 aromatic rings. The molecule has 0 spiro atoms.